The molecule has 0 saturated heterocycles. The van der Waals surface area contributed by atoms with Crippen LogP contribution in [0.25, 0.3) is 0 Å². The molecule has 1 saturated carbocycles. The van der Waals surface area contributed by atoms with Crippen LogP contribution < -0.4 is 10.1 Å². The van der Waals surface area contributed by atoms with Crippen LogP contribution in [0.3, 0.4) is 0 Å². The monoisotopic (exact) mass is 247 g/mol. The van der Waals surface area contributed by atoms with Crippen LogP contribution in [0.5, 0.6) is 5.75 Å². The summed E-state index contributed by atoms with van der Waals surface area (Å²) in [5, 5.41) is 12.1. The maximum Gasteiger partial charge on any atom is 0.228 e. The van der Waals surface area contributed by atoms with E-state index in [2.05, 4.69) is 11.4 Å². The highest BCUT2D eigenvalue weighted by Gasteiger charge is 2.49. The number of aliphatic hydroxyl groups is 1. The summed E-state index contributed by atoms with van der Waals surface area (Å²) in [5.74, 6) is 0.931. The van der Waals surface area contributed by atoms with E-state index in [4.69, 9.17) is 4.74 Å². The minimum atomic E-state index is -0.486. The van der Waals surface area contributed by atoms with Crippen molar-refractivity contribution in [2.45, 2.75) is 25.8 Å². The number of aliphatic hydroxyl groups excluding tert-OH is 1. The van der Waals surface area contributed by atoms with Gasteiger partial charge < -0.3 is 15.2 Å². The Morgan fingerprint density at radius 2 is 2.28 bits per heavy atom. The minimum Gasteiger partial charge on any atom is -0.493 e. The molecule has 0 unspecified atom stereocenters. The SMILES string of the molecule is O=C(NCc1ccc2c(c1)CCO2)C1(CO)CC1. The Labute approximate surface area is 106 Å². The van der Waals surface area contributed by atoms with Crippen LogP contribution in [0.2, 0.25) is 0 Å². The number of fused-ring (bicyclic) bond motifs is 1. The lowest BCUT2D eigenvalue weighted by Crippen LogP contribution is -2.33. The van der Waals surface area contributed by atoms with E-state index in [-0.39, 0.29) is 12.5 Å². The third kappa shape index (κ3) is 1.97. The Bertz CT molecular complexity index is 480. The van der Waals surface area contributed by atoms with Gasteiger partial charge >= 0.3 is 0 Å². The molecule has 4 heteroatoms. The van der Waals surface area contributed by atoms with E-state index in [0.29, 0.717) is 6.54 Å². The van der Waals surface area contributed by atoms with Crippen LogP contribution in [0, 0.1) is 5.41 Å². The second-order valence-electron chi connectivity index (χ2n) is 5.16. The molecule has 3 rings (SSSR count). The number of rotatable bonds is 4. The number of hydrogen-bond donors (Lipinski definition) is 2. The summed E-state index contributed by atoms with van der Waals surface area (Å²) in [6.07, 6.45) is 2.54. The summed E-state index contributed by atoms with van der Waals surface area (Å²) in [4.78, 5) is 11.9. The molecule has 1 aliphatic carbocycles. The number of benzene rings is 1. The third-order valence-electron chi connectivity index (χ3n) is 3.84. The molecule has 2 N–H and O–H groups in total. The van der Waals surface area contributed by atoms with E-state index in [1.54, 1.807) is 0 Å². The zero-order valence-corrected chi connectivity index (χ0v) is 10.2. The maximum atomic E-state index is 11.9. The molecule has 96 valence electrons. The van der Waals surface area contributed by atoms with E-state index >= 15 is 0 Å². The fourth-order valence-corrected chi connectivity index (χ4v) is 2.33. The van der Waals surface area contributed by atoms with Gasteiger partial charge in [-0.2, -0.15) is 0 Å². The zero-order valence-electron chi connectivity index (χ0n) is 10.2. The van der Waals surface area contributed by atoms with Crippen molar-refractivity contribution in [2.75, 3.05) is 13.2 Å². The Morgan fingerprint density at radius 3 is 3.00 bits per heavy atom. The summed E-state index contributed by atoms with van der Waals surface area (Å²) in [6.45, 7) is 1.23. The highest BCUT2D eigenvalue weighted by atomic mass is 16.5. The average Bonchev–Trinajstić information content (AvgIpc) is 3.07. The van der Waals surface area contributed by atoms with Crippen molar-refractivity contribution in [3.8, 4) is 5.75 Å². The Kier molecular flexibility index (Phi) is 2.74. The molecule has 18 heavy (non-hydrogen) atoms. The highest BCUT2D eigenvalue weighted by Crippen LogP contribution is 2.45. The molecule has 0 bridgehead atoms. The Balaban J connectivity index is 1.62. The molecule has 1 fully saturated rings. The predicted octanol–water partition coefficient (Wildman–Crippen LogP) is 1.01. The van der Waals surface area contributed by atoms with Crippen LogP contribution in [0.1, 0.15) is 24.0 Å². The summed E-state index contributed by atoms with van der Waals surface area (Å²) in [7, 11) is 0. The number of carbonyl (C=O) groups is 1. The number of nitrogens with one attached hydrogen (secondary N) is 1. The van der Waals surface area contributed by atoms with Crippen LogP contribution in [0.4, 0.5) is 0 Å². The van der Waals surface area contributed by atoms with E-state index in [1.807, 2.05) is 12.1 Å². The third-order valence-corrected chi connectivity index (χ3v) is 3.84. The van der Waals surface area contributed by atoms with E-state index in [9.17, 15) is 9.90 Å². The van der Waals surface area contributed by atoms with Gasteiger partial charge in [-0.25, -0.2) is 0 Å². The molecule has 4 nitrogen and oxygen atoms in total. The lowest BCUT2D eigenvalue weighted by Gasteiger charge is -2.12. The van der Waals surface area contributed by atoms with Crippen molar-refractivity contribution in [3.63, 3.8) is 0 Å². The summed E-state index contributed by atoms with van der Waals surface area (Å²) in [6, 6.07) is 6.02. The highest BCUT2D eigenvalue weighted by molar-refractivity contribution is 5.85. The van der Waals surface area contributed by atoms with Crippen LogP contribution in [-0.4, -0.2) is 24.2 Å². The van der Waals surface area contributed by atoms with E-state index in [0.717, 1.165) is 37.2 Å². The smallest absolute Gasteiger partial charge is 0.228 e. The average molecular weight is 247 g/mol. The molecular weight excluding hydrogens is 230 g/mol. The van der Waals surface area contributed by atoms with Crippen molar-refractivity contribution in [1.82, 2.24) is 5.32 Å². The quantitative estimate of drug-likeness (QED) is 0.835. The lowest BCUT2D eigenvalue weighted by atomic mass is 10.1. The van der Waals surface area contributed by atoms with Gasteiger partial charge in [-0.15, -0.1) is 0 Å². The van der Waals surface area contributed by atoms with Gasteiger partial charge in [0.05, 0.1) is 18.6 Å². The van der Waals surface area contributed by atoms with E-state index in [1.165, 1.54) is 5.56 Å². The number of carbonyl (C=O) groups excluding carboxylic acids is 1. The number of amides is 1. The van der Waals surface area contributed by atoms with Gasteiger partial charge in [0, 0.05) is 13.0 Å². The van der Waals surface area contributed by atoms with Crippen molar-refractivity contribution >= 4 is 5.91 Å². The second kappa shape index (κ2) is 4.28. The molecule has 0 aromatic heterocycles. The fraction of sp³-hybridized carbons (Fsp3) is 0.500. The molecule has 1 aliphatic heterocycles. The van der Waals surface area contributed by atoms with Crippen LogP contribution >= 0.6 is 0 Å². The van der Waals surface area contributed by atoms with Gasteiger partial charge in [0.25, 0.3) is 0 Å². The number of ether oxygens (including phenoxy) is 1. The molecule has 0 spiro atoms. The molecule has 1 heterocycles. The van der Waals surface area contributed by atoms with Gasteiger partial charge in [-0.1, -0.05) is 12.1 Å². The standard InChI is InChI=1S/C14H17NO3/c16-9-14(4-5-14)13(17)15-8-10-1-2-12-11(7-10)3-6-18-12/h1-2,7,16H,3-6,8-9H2,(H,15,17). The Hall–Kier alpha value is -1.55. The van der Waals surface area contributed by atoms with Gasteiger partial charge in [-0.05, 0) is 30.0 Å². The maximum absolute atomic E-state index is 11.9. The Morgan fingerprint density at radius 1 is 1.44 bits per heavy atom. The number of hydrogen-bond acceptors (Lipinski definition) is 3. The summed E-state index contributed by atoms with van der Waals surface area (Å²) in [5.41, 5.74) is 1.81. The minimum absolute atomic E-state index is 0.0262. The van der Waals surface area contributed by atoms with Gasteiger partial charge in [0.1, 0.15) is 5.75 Å². The predicted molar refractivity (Wildman–Crippen MR) is 66.2 cm³/mol. The fourth-order valence-electron chi connectivity index (χ4n) is 2.33. The first kappa shape index (κ1) is 11.5. The zero-order chi connectivity index (χ0) is 12.6. The lowest BCUT2D eigenvalue weighted by molar-refractivity contribution is -0.127. The summed E-state index contributed by atoms with van der Waals surface area (Å²) >= 11 is 0. The first-order valence-corrected chi connectivity index (χ1v) is 6.37. The second-order valence-corrected chi connectivity index (χ2v) is 5.16. The van der Waals surface area contributed by atoms with Gasteiger partial charge in [0.2, 0.25) is 5.91 Å². The first-order chi connectivity index (χ1) is 8.73. The van der Waals surface area contributed by atoms with Crippen molar-refractivity contribution in [1.29, 1.82) is 0 Å². The van der Waals surface area contributed by atoms with Gasteiger partial charge in [-0.3, -0.25) is 4.79 Å². The van der Waals surface area contributed by atoms with Crippen LogP contribution in [0.15, 0.2) is 18.2 Å². The molecule has 1 aromatic rings. The van der Waals surface area contributed by atoms with Crippen molar-refractivity contribution < 1.29 is 14.6 Å². The molecule has 0 atom stereocenters. The molecule has 1 aromatic carbocycles. The largest absolute Gasteiger partial charge is 0.493 e. The van der Waals surface area contributed by atoms with E-state index < -0.39 is 5.41 Å². The molecular formula is C14H17NO3. The molecule has 0 radical (unpaired) electrons. The molecule has 2 aliphatic rings. The topological polar surface area (TPSA) is 58.6 Å². The first-order valence-electron chi connectivity index (χ1n) is 6.37. The van der Waals surface area contributed by atoms with Crippen LogP contribution in [-0.2, 0) is 17.8 Å². The van der Waals surface area contributed by atoms with Crippen molar-refractivity contribution in [3.05, 3.63) is 29.3 Å². The van der Waals surface area contributed by atoms with Crippen molar-refractivity contribution in [2.24, 2.45) is 5.41 Å². The van der Waals surface area contributed by atoms with Gasteiger partial charge in [0.15, 0.2) is 0 Å². The normalized spacial score (nSPS) is 18.9. The summed E-state index contributed by atoms with van der Waals surface area (Å²) < 4.78 is 5.44. The molecule has 1 amide bonds.